The van der Waals surface area contributed by atoms with Crippen LogP contribution in [0.3, 0.4) is 0 Å². The summed E-state index contributed by atoms with van der Waals surface area (Å²) in [5.41, 5.74) is 0. The van der Waals surface area contributed by atoms with Gasteiger partial charge in [-0.3, -0.25) is 9.36 Å². The minimum Gasteiger partial charge on any atom is -0.462 e. The Morgan fingerprint density at radius 2 is 2.05 bits per heavy atom. The van der Waals surface area contributed by atoms with E-state index in [0.29, 0.717) is 4.47 Å². The van der Waals surface area contributed by atoms with E-state index in [1.807, 2.05) is 0 Å². The van der Waals surface area contributed by atoms with Gasteiger partial charge in [0, 0.05) is 4.47 Å². The van der Waals surface area contributed by atoms with Crippen molar-refractivity contribution in [1.29, 1.82) is 0 Å². The first kappa shape index (κ1) is 17.1. The van der Waals surface area contributed by atoms with Gasteiger partial charge >= 0.3 is 14.1 Å². The van der Waals surface area contributed by atoms with Crippen molar-refractivity contribution >= 4 is 30.1 Å². The zero-order chi connectivity index (χ0) is 15.3. The van der Waals surface area contributed by atoms with Crippen LogP contribution in [0, 0.1) is 5.82 Å². The Balaban J connectivity index is 2.57. The van der Waals surface area contributed by atoms with E-state index in [-0.39, 0.29) is 11.9 Å². The topological polar surface area (TPSA) is 64.6 Å². The molecule has 5 nitrogen and oxygen atoms in total. The summed E-state index contributed by atoms with van der Waals surface area (Å²) in [6.45, 7) is 4.91. The third-order valence-electron chi connectivity index (χ3n) is 2.14. The van der Waals surface area contributed by atoms with Gasteiger partial charge in [-0.05, 0) is 39.0 Å². The van der Waals surface area contributed by atoms with Gasteiger partial charge in [-0.1, -0.05) is 15.9 Å². The zero-order valence-electron chi connectivity index (χ0n) is 11.3. The molecule has 1 aromatic carbocycles. The highest BCUT2D eigenvalue weighted by molar-refractivity contribution is 9.10. The number of halogens is 2. The number of carbonyl (C=O) groups is 1. The van der Waals surface area contributed by atoms with Gasteiger partial charge < -0.3 is 9.26 Å². The highest BCUT2D eigenvalue weighted by atomic mass is 79.9. The lowest BCUT2D eigenvalue weighted by molar-refractivity contribution is -0.148. The second-order valence-electron chi connectivity index (χ2n) is 4.32. The number of ether oxygens (including phenoxy) is 1. The van der Waals surface area contributed by atoms with E-state index in [9.17, 15) is 13.8 Å². The molecule has 0 amide bonds. The minimum atomic E-state index is -2.81. The highest BCUT2D eigenvalue weighted by Crippen LogP contribution is 2.28. The lowest BCUT2D eigenvalue weighted by Crippen LogP contribution is -2.33. The van der Waals surface area contributed by atoms with Crippen molar-refractivity contribution in [1.82, 2.24) is 5.09 Å². The molecule has 0 bridgehead atoms. The summed E-state index contributed by atoms with van der Waals surface area (Å²) in [5, 5.41) is 2.45. The van der Waals surface area contributed by atoms with Crippen LogP contribution in [0.2, 0.25) is 0 Å². The molecule has 8 heteroatoms. The number of carbonyl (C=O) groups excluding carboxylic acids is 1. The fraction of sp³-hybridized carbons (Fsp3) is 0.417. The molecule has 1 aromatic rings. The second kappa shape index (κ2) is 7.76. The van der Waals surface area contributed by atoms with Gasteiger partial charge in [0.1, 0.15) is 6.04 Å². The Hall–Kier alpha value is -0.910. The highest BCUT2D eigenvalue weighted by Gasteiger charge is 2.18. The molecule has 1 rings (SSSR count). The zero-order valence-corrected chi connectivity index (χ0v) is 13.9. The van der Waals surface area contributed by atoms with Gasteiger partial charge in [-0.2, -0.15) is 0 Å². The summed E-state index contributed by atoms with van der Waals surface area (Å²) < 4.78 is 35.6. The summed E-state index contributed by atoms with van der Waals surface area (Å²) >= 11 is 3.10. The van der Waals surface area contributed by atoms with Gasteiger partial charge in [0.05, 0.1) is 6.10 Å². The monoisotopic (exact) mass is 367 g/mol. The quantitative estimate of drug-likeness (QED) is 0.617. The third-order valence-corrected chi connectivity index (χ3v) is 3.70. The first-order valence-electron chi connectivity index (χ1n) is 5.93. The Bertz CT molecular complexity index is 512. The second-order valence-corrected chi connectivity index (χ2v) is 6.30. The minimum absolute atomic E-state index is 0.144. The Morgan fingerprint density at radius 3 is 2.60 bits per heavy atom. The largest absolute Gasteiger partial charge is 0.462 e. The molecule has 0 aliphatic carbocycles. The average Bonchev–Trinajstić information content (AvgIpc) is 2.31. The molecular weight excluding hydrogens is 352 g/mol. The van der Waals surface area contributed by atoms with Gasteiger partial charge in [-0.25, -0.2) is 9.48 Å². The standard InChI is InChI=1S/C12H16BrFNO4P/c1-7(2)18-12(16)8(3)15-20(17)19-11-5-4-9(13)6-10(11)14/h4-8,20H,1-3H3,(H,15,17)/t8-/m0/s1. The summed E-state index contributed by atoms with van der Waals surface area (Å²) in [6, 6.07) is 3.30. The number of esters is 1. The van der Waals surface area contributed by atoms with E-state index in [4.69, 9.17) is 9.26 Å². The molecule has 0 saturated heterocycles. The molecule has 0 fully saturated rings. The fourth-order valence-electron chi connectivity index (χ4n) is 1.26. The molecule has 0 aliphatic heterocycles. The van der Waals surface area contributed by atoms with Crippen molar-refractivity contribution in [2.75, 3.05) is 0 Å². The normalized spacial score (nSPS) is 13.9. The Labute approximate surface area is 125 Å². The van der Waals surface area contributed by atoms with Crippen LogP contribution in [0.15, 0.2) is 22.7 Å². The van der Waals surface area contributed by atoms with Gasteiger partial charge in [-0.15, -0.1) is 0 Å². The van der Waals surface area contributed by atoms with E-state index >= 15 is 0 Å². The van der Waals surface area contributed by atoms with Crippen molar-refractivity contribution in [3.63, 3.8) is 0 Å². The van der Waals surface area contributed by atoms with Gasteiger partial charge in [0.2, 0.25) is 0 Å². The molecule has 2 atom stereocenters. The van der Waals surface area contributed by atoms with Crippen LogP contribution in [0.1, 0.15) is 20.8 Å². The van der Waals surface area contributed by atoms with E-state index < -0.39 is 26.0 Å². The average molecular weight is 368 g/mol. The summed E-state index contributed by atoms with van der Waals surface area (Å²) in [7, 11) is -2.81. The molecule has 0 radical (unpaired) electrons. The van der Waals surface area contributed by atoms with Crippen LogP contribution in [-0.2, 0) is 14.1 Å². The van der Waals surface area contributed by atoms with Crippen LogP contribution in [0.5, 0.6) is 5.75 Å². The van der Waals surface area contributed by atoms with Crippen molar-refractivity contribution < 1.29 is 23.0 Å². The fourth-order valence-corrected chi connectivity index (χ4v) is 2.49. The molecule has 0 heterocycles. The van der Waals surface area contributed by atoms with E-state index in [1.165, 1.54) is 19.1 Å². The van der Waals surface area contributed by atoms with Crippen molar-refractivity contribution in [2.24, 2.45) is 0 Å². The SMILES string of the molecule is CC(C)OC(=O)[C@H](C)N[PH](=O)Oc1ccc(Br)cc1F. The molecule has 0 saturated carbocycles. The summed E-state index contributed by atoms with van der Waals surface area (Å²) in [6.07, 6.45) is -0.265. The smallest absolute Gasteiger partial charge is 0.323 e. The van der Waals surface area contributed by atoms with Crippen molar-refractivity contribution in [2.45, 2.75) is 32.9 Å². The van der Waals surface area contributed by atoms with Crippen LogP contribution in [0.4, 0.5) is 4.39 Å². The van der Waals surface area contributed by atoms with Gasteiger partial charge in [0.15, 0.2) is 11.6 Å². The third kappa shape index (κ3) is 5.61. The predicted molar refractivity (Wildman–Crippen MR) is 77.6 cm³/mol. The van der Waals surface area contributed by atoms with Crippen molar-refractivity contribution in [3.8, 4) is 5.75 Å². The molecule has 0 aliphatic rings. The first-order chi connectivity index (χ1) is 9.29. The van der Waals surface area contributed by atoms with E-state index in [1.54, 1.807) is 19.9 Å². The Morgan fingerprint density at radius 1 is 1.40 bits per heavy atom. The molecule has 1 unspecified atom stereocenters. The van der Waals surface area contributed by atoms with Crippen LogP contribution < -0.4 is 9.61 Å². The maximum Gasteiger partial charge on any atom is 0.323 e. The molecular formula is C12H16BrFNO4P. The summed E-state index contributed by atoms with van der Waals surface area (Å²) in [4.78, 5) is 11.5. The van der Waals surface area contributed by atoms with Crippen LogP contribution >= 0.6 is 24.1 Å². The first-order valence-corrected chi connectivity index (χ1v) is 8.04. The molecule has 0 aromatic heterocycles. The van der Waals surface area contributed by atoms with E-state index in [0.717, 1.165) is 0 Å². The number of benzene rings is 1. The van der Waals surface area contributed by atoms with Gasteiger partial charge in [0.25, 0.3) is 0 Å². The summed E-state index contributed by atoms with van der Waals surface area (Å²) in [5.74, 6) is -1.33. The molecule has 1 N–H and O–H groups in total. The Kier molecular flexibility index (Phi) is 6.65. The molecule has 112 valence electrons. The lowest BCUT2D eigenvalue weighted by atomic mass is 10.3. The predicted octanol–water partition coefficient (Wildman–Crippen LogP) is 3.29. The molecule has 0 spiro atoms. The lowest BCUT2D eigenvalue weighted by Gasteiger charge is -2.15. The van der Waals surface area contributed by atoms with Crippen molar-refractivity contribution in [3.05, 3.63) is 28.5 Å². The van der Waals surface area contributed by atoms with Crippen LogP contribution in [-0.4, -0.2) is 18.1 Å². The number of nitrogens with one attached hydrogen (secondary N) is 1. The van der Waals surface area contributed by atoms with Crippen LogP contribution in [0.25, 0.3) is 0 Å². The van der Waals surface area contributed by atoms with E-state index in [2.05, 4.69) is 21.0 Å². The number of rotatable bonds is 6. The number of hydrogen-bond donors (Lipinski definition) is 1. The maximum atomic E-state index is 13.5. The number of hydrogen-bond acceptors (Lipinski definition) is 4. The maximum absolute atomic E-state index is 13.5. The molecule has 20 heavy (non-hydrogen) atoms.